The molecule has 9 heteroatoms. The standard InChI is InChI=1S/C52H96NO7P/c1-3-5-7-9-11-13-15-17-19-21-22-23-24-25-26-27-28-29-31-33-35-37-39-41-43-45-52(54)60-51(50-59-61(55,56)58-48-46-53)49-57-47-44-42-40-38-36-34-32-30-20-18-16-14-12-10-8-6-4-2/h5,7,11,13,17,19-20,22-23,30,51H,3-4,6,8-10,12,14-16,18,21,24-29,31-50,53H2,1-2H3,(H,55,56)/b7-5-,13-11-,19-17-,23-22-,30-20-. The number of carbonyl (C=O) groups excluding carboxylic acids is 1. The smallest absolute Gasteiger partial charge is 0.457 e. The minimum absolute atomic E-state index is 0.0977. The average molecular weight is 878 g/mol. The molecule has 0 aliphatic heterocycles. The van der Waals surface area contributed by atoms with Gasteiger partial charge in [-0.15, -0.1) is 0 Å². The third-order valence-electron chi connectivity index (χ3n) is 10.7. The van der Waals surface area contributed by atoms with Gasteiger partial charge < -0.3 is 20.1 Å². The number of hydrogen-bond acceptors (Lipinski definition) is 7. The molecule has 8 nitrogen and oxygen atoms in total. The average Bonchev–Trinajstić information content (AvgIpc) is 3.25. The first-order valence-corrected chi connectivity index (χ1v) is 26.8. The Kier molecular flexibility index (Phi) is 47.8. The van der Waals surface area contributed by atoms with Crippen molar-refractivity contribution in [3.63, 3.8) is 0 Å². The van der Waals surface area contributed by atoms with Gasteiger partial charge in [0.05, 0.1) is 19.8 Å². The largest absolute Gasteiger partial charge is 0.472 e. The molecule has 0 amide bonds. The van der Waals surface area contributed by atoms with E-state index in [9.17, 15) is 14.3 Å². The zero-order valence-electron chi connectivity index (χ0n) is 39.6. The van der Waals surface area contributed by atoms with Crippen LogP contribution in [0.3, 0.4) is 0 Å². The van der Waals surface area contributed by atoms with Crippen LogP contribution in [0.5, 0.6) is 0 Å². The summed E-state index contributed by atoms with van der Waals surface area (Å²) in [6.45, 7) is 4.81. The van der Waals surface area contributed by atoms with Gasteiger partial charge >= 0.3 is 13.8 Å². The second-order valence-corrected chi connectivity index (χ2v) is 18.1. The lowest BCUT2D eigenvalue weighted by atomic mass is 10.0. The second-order valence-electron chi connectivity index (χ2n) is 16.6. The summed E-state index contributed by atoms with van der Waals surface area (Å²) >= 11 is 0. The maximum Gasteiger partial charge on any atom is 0.472 e. The van der Waals surface area contributed by atoms with E-state index in [1.54, 1.807) is 0 Å². The van der Waals surface area contributed by atoms with Gasteiger partial charge in [0.15, 0.2) is 0 Å². The van der Waals surface area contributed by atoms with E-state index in [1.165, 1.54) is 148 Å². The monoisotopic (exact) mass is 878 g/mol. The van der Waals surface area contributed by atoms with E-state index >= 15 is 0 Å². The summed E-state index contributed by atoms with van der Waals surface area (Å²) in [5, 5.41) is 0. The van der Waals surface area contributed by atoms with Gasteiger partial charge in [0, 0.05) is 19.6 Å². The first kappa shape index (κ1) is 59.2. The normalized spacial score (nSPS) is 13.8. The summed E-state index contributed by atoms with van der Waals surface area (Å²) < 4.78 is 33.6. The molecule has 0 bridgehead atoms. The number of unbranched alkanes of at least 4 members (excludes halogenated alkanes) is 25. The van der Waals surface area contributed by atoms with Crippen molar-refractivity contribution in [1.82, 2.24) is 0 Å². The zero-order chi connectivity index (χ0) is 44.4. The van der Waals surface area contributed by atoms with Crippen molar-refractivity contribution in [2.24, 2.45) is 5.73 Å². The van der Waals surface area contributed by atoms with Gasteiger partial charge in [-0.1, -0.05) is 203 Å². The number of nitrogens with two attached hydrogens (primary N) is 1. The fraction of sp³-hybridized carbons (Fsp3) is 0.788. The van der Waals surface area contributed by atoms with Crippen LogP contribution >= 0.6 is 7.82 Å². The first-order chi connectivity index (χ1) is 29.9. The Morgan fingerprint density at radius 1 is 0.508 bits per heavy atom. The molecule has 0 saturated carbocycles. The SMILES string of the molecule is CC/C=C\C/C=C\C/C=C\C/C=C\CCCCCCCCCCCCCCC(=O)OC(COCCCCCCCC/C=C\CCCCCCCCC)COP(=O)(O)OCCN. The van der Waals surface area contributed by atoms with Crippen LogP contribution in [0.4, 0.5) is 0 Å². The lowest BCUT2D eigenvalue weighted by Gasteiger charge is -2.20. The van der Waals surface area contributed by atoms with Crippen molar-refractivity contribution < 1.29 is 32.8 Å². The molecule has 0 spiro atoms. The van der Waals surface area contributed by atoms with Gasteiger partial charge in [0.1, 0.15) is 6.10 Å². The van der Waals surface area contributed by atoms with E-state index in [0.29, 0.717) is 13.0 Å². The molecule has 0 aromatic carbocycles. The van der Waals surface area contributed by atoms with E-state index in [2.05, 4.69) is 74.6 Å². The van der Waals surface area contributed by atoms with E-state index in [0.717, 1.165) is 57.8 Å². The van der Waals surface area contributed by atoms with Gasteiger partial charge in [-0.25, -0.2) is 4.57 Å². The van der Waals surface area contributed by atoms with Crippen LogP contribution in [0.2, 0.25) is 0 Å². The summed E-state index contributed by atoms with van der Waals surface area (Å²) in [6.07, 6.45) is 61.1. The number of carbonyl (C=O) groups is 1. The first-order valence-electron chi connectivity index (χ1n) is 25.3. The highest BCUT2D eigenvalue weighted by Gasteiger charge is 2.25. The fourth-order valence-electron chi connectivity index (χ4n) is 6.98. The van der Waals surface area contributed by atoms with Crippen LogP contribution < -0.4 is 5.73 Å². The second kappa shape index (κ2) is 49.2. The van der Waals surface area contributed by atoms with Gasteiger partial charge in [-0.3, -0.25) is 13.8 Å². The number of ether oxygens (including phenoxy) is 2. The number of hydrogen-bond donors (Lipinski definition) is 2. The maximum atomic E-state index is 12.7. The fourth-order valence-corrected chi connectivity index (χ4v) is 7.75. The predicted molar refractivity (Wildman–Crippen MR) is 261 cm³/mol. The van der Waals surface area contributed by atoms with Crippen LogP contribution in [-0.4, -0.2) is 49.9 Å². The summed E-state index contributed by atoms with van der Waals surface area (Å²) in [5.41, 5.74) is 5.39. The third-order valence-corrected chi connectivity index (χ3v) is 11.7. The highest BCUT2D eigenvalue weighted by atomic mass is 31.2. The highest BCUT2D eigenvalue weighted by Crippen LogP contribution is 2.43. The van der Waals surface area contributed by atoms with Gasteiger partial charge in [0.25, 0.3) is 0 Å². The number of phosphoric ester groups is 1. The number of rotatable bonds is 48. The Labute approximate surface area is 376 Å². The molecule has 2 unspecified atom stereocenters. The molecule has 0 aliphatic carbocycles. The minimum Gasteiger partial charge on any atom is -0.457 e. The van der Waals surface area contributed by atoms with E-state index in [-0.39, 0.29) is 32.3 Å². The molecule has 61 heavy (non-hydrogen) atoms. The molecular formula is C52H96NO7P. The summed E-state index contributed by atoms with van der Waals surface area (Å²) in [5.74, 6) is -0.334. The molecule has 0 aliphatic rings. The van der Waals surface area contributed by atoms with Crippen molar-refractivity contribution in [3.05, 3.63) is 60.8 Å². The summed E-state index contributed by atoms with van der Waals surface area (Å²) in [7, 11) is -4.29. The zero-order valence-corrected chi connectivity index (χ0v) is 40.5. The van der Waals surface area contributed by atoms with Crippen LogP contribution in [0.1, 0.15) is 226 Å². The predicted octanol–water partition coefficient (Wildman–Crippen LogP) is 15.7. The third kappa shape index (κ3) is 49.1. The van der Waals surface area contributed by atoms with Gasteiger partial charge in [0.2, 0.25) is 0 Å². The summed E-state index contributed by atoms with van der Waals surface area (Å²) in [4.78, 5) is 22.6. The lowest BCUT2D eigenvalue weighted by Crippen LogP contribution is -2.28. The number of phosphoric acid groups is 1. The van der Waals surface area contributed by atoms with E-state index in [4.69, 9.17) is 24.3 Å². The topological polar surface area (TPSA) is 117 Å². The van der Waals surface area contributed by atoms with E-state index < -0.39 is 13.9 Å². The van der Waals surface area contributed by atoms with Gasteiger partial charge in [-0.05, 0) is 77.0 Å². The lowest BCUT2D eigenvalue weighted by molar-refractivity contribution is -0.154. The van der Waals surface area contributed by atoms with Crippen LogP contribution in [0, 0.1) is 0 Å². The number of esters is 1. The highest BCUT2D eigenvalue weighted by molar-refractivity contribution is 7.47. The molecular weight excluding hydrogens is 782 g/mol. The molecule has 3 N–H and O–H groups in total. The quantitative estimate of drug-likeness (QED) is 0.0269. The molecule has 0 saturated heterocycles. The molecule has 2 atom stereocenters. The molecule has 0 rings (SSSR count). The Balaban J connectivity index is 3.94. The Bertz CT molecular complexity index is 1120. The van der Waals surface area contributed by atoms with Crippen LogP contribution in [-0.2, 0) is 27.9 Å². The van der Waals surface area contributed by atoms with Crippen molar-refractivity contribution in [2.75, 3.05) is 33.0 Å². The molecule has 0 aromatic heterocycles. The van der Waals surface area contributed by atoms with Crippen molar-refractivity contribution >= 4 is 13.8 Å². The molecule has 0 aromatic rings. The summed E-state index contributed by atoms with van der Waals surface area (Å²) in [6, 6.07) is 0. The van der Waals surface area contributed by atoms with Crippen LogP contribution in [0.25, 0.3) is 0 Å². The van der Waals surface area contributed by atoms with Crippen molar-refractivity contribution in [3.8, 4) is 0 Å². The Morgan fingerprint density at radius 3 is 1.39 bits per heavy atom. The molecule has 0 fully saturated rings. The van der Waals surface area contributed by atoms with Crippen molar-refractivity contribution in [2.45, 2.75) is 232 Å². The molecule has 0 heterocycles. The number of allylic oxidation sites excluding steroid dienone is 10. The molecule has 0 radical (unpaired) electrons. The molecule has 356 valence electrons. The minimum atomic E-state index is -4.29. The van der Waals surface area contributed by atoms with Crippen LogP contribution in [0.15, 0.2) is 60.8 Å². The van der Waals surface area contributed by atoms with E-state index in [1.807, 2.05) is 0 Å². The Hall–Kier alpha value is -1.80. The van der Waals surface area contributed by atoms with Crippen molar-refractivity contribution in [1.29, 1.82) is 0 Å². The van der Waals surface area contributed by atoms with Gasteiger partial charge in [-0.2, -0.15) is 0 Å². The Morgan fingerprint density at radius 2 is 0.918 bits per heavy atom. The maximum absolute atomic E-state index is 12.7.